The van der Waals surface area contributed by atoms with E-state index in [0.717, 1.165) is 49.8 Å². The number of carboxylic acid groups (broad SMARTS) is 1. The molecule has 2 N–H and O–H groups in total. The predicted molar refractivity (Wildman–Crippen MR) is 118 cm³/mol. The number of benzene rings is 2. The van der Waals surface area contributed by atoms with Crippen LogP contribution in [0.1, 0.15) is 11.6 Å². The van der Waals surface area contributed by atoms with Gasteiger partial charge in [-0.25, -0.2) is 19.7 Å². The first-order valence-electron chi connectivity index (χ1n) is 9.35. The van der Waals surface area contributed by atoms with Gasteiger partial charge in [-0.2, -0.15) is 13.2 Å². The van der Waals surface area contributed by atoms with E-state index in [-0.39, 0.29) is 0 Å². The van der Waals surface area contributed by atoms with Gasteiger partial charge in [0.15, 0.2) is 5.58 Å². The maximum absolute atomic E-state index is 10.6. The van der Waals surface area contributed by atoms with Crippen molar-refractivity contribution in [3.05, 3.63) is 59.1 Å². The number of nitrogens with zero attached hydrogens (tertiary/aromatic N) is 3. The van der Waals surface area contributed by atoms with Gasteiger partial charge in [0, 0.05) is 10.4 Å². The molecule has 0 radical (unpaired) electrons. The number of halogens is 4. The molecule has 0 amide bonds. The number of imidazole rings is 1. The summed E-state index contributed by atoms with van der Waals surface area (Å²) >= 11 is 7.62. The molecule has 5 rings (SSSR count). The Kier molecular flexibility index (Phi) is 6.17. The second kappa shape index (κ2) is 8.91. The summed E-state index contributed by atoms with van der Waals surface area (Å²) in [5.41, 5.74) is 4.23. The van der Waals surface area contributed by atoms with Crippen LogP contribution in [-0.2, 0) is 10.5 Å². The highest BCUT2D eigenvalue weighted by Crippen LogP contribution is 2.34. The lowest BCUT2D eigenvalue weighted by molar-refractivity contribution is -0.192. The number of nitrogens with one attached hydrogen (secondary N) is 1. The van der Waals surface area contributed by atoms with Gasteiger partial charge in [-0.05, 0) is 37.3 Å². The maximum Gasteiger partial charge on any atom is 0.490 e. The van der Waals surface area contributed by atoms with Crippen molar-refractivity contribution in [2.75, 3.05) is 0 Å². The minimum absolute atomic E-state index is 0.648. The average molecular weight is 495 g/mol. The molecule has 0 saturated carbocycles. The van der Waals surface area contributed by atoms with E-state index in [1.165, 1.54) is 0 Å². The lowest BCUT2D eigenvalue weighted by Gasteiger charge is -2.01. The number of carboxylic acids is 1. The summed E-state index contributed by atoms with van der Waals surface area (Å²) in [6.07, 6.45) is -5.08. The first-order chi connectivity index (χ1) is 15.6. The van der Waals surface area contributed by atoms with Crippen LogP contribution in [0.25, 0.3) is 33.1 Å². The number of aryl methyl sites for hydroxylation is 1. The quantitative estimate of drug-likeness (QED) is 0.229. The van der Waals surface area contributed by atoms with Crippen molar-refractivity contribution >= 4 is 62.4 Å². The zero-order chi connectivity index (χ0) is 23.8. The van der Waals surface area contributed by atoms with E-state index in [1.807, 2.05) is 49.4 Å². The molecule has 0 saturated heterocycles. The van der Waals surface area contributed by atoms with E-state index in [2.05, 4.69) is 19.9 Å². The number of hydrogen-bond acceptors (Lipinski definition) is 6. The molecule has 3 heterocycles. The maximum atomic E-state index is 10.6. The largest absolute Gasteiger partial charge is 0.490 e. The fourth-order valence-electron chi connectivity index (χ4n) is 3.01. The fraction of sp³-hybridized carbons (Fsp3) is 0.143. The first kappa shape index (κ1) is 22.9. The topological polar surface area (TPSA) is 105 Å². The fourth-order valence-corrected chi connectivity index (χ4v) is 4.06. The Labute approximate surface area is 193 Å². The molecule has 0 unspecified atom stereocenters. The molecule has 0 aliphatic carbocycles. The van der Waals surface area contributed by atoms with Crippen LogP contribution >= 0.6 is 23.4 Å². The molecule has 2 aromatic carbocycles. The highest BCUT2D eigenvalue weighted by Gasteiger charge is 2.38. The Morgan fingerprint density at radius 3 is 2.64 bits per heavy atom. The van der Waals surface area contributed by atoms with E-state index in [1.54, 1.807) is 11.8 Å². The summed E-state index contributed by atoms with van der Waals surface area (Å²) in [6.45, 7) is 1.90. The summed E-state index contributed by atoms with van der Waals surface area (Å²) in [4.78, 5) is 25.9. The van der Waals surface area contributed by atoms with Crippen LogP contribution in [0.15, 0.2) is 51.9 Å². The summed E-state index contributed by atoms with van der Waals surface area (Å²) in [7, 11) is 0. The molecule has 12 heteroatoms. The van der Waals surface area contributed by atoms with Crippen molar-refractivity contribution in [1.82, 2.24) is 19.9 Å². The number of alkyl halides is 3. The van der Waals surface area contributed by atoms with Crippen LogP contribution < -0.4 is 0 Å². The van der Waals surface area contributed by atoms with E-state index in [9.17, 15) is 13.2 Å². The zero-order valence-corrected chi connectivity index (χ0v) is 18.3. The van der Waals surface area contributed by atoms with Crippen LogP contribution in [0.4, 0.5) is 13.2 Å². The van der Waals surface area contributed by atoms with Crippen LogP contribution in [-0.4, -0.2) is 37.2 Å². The van der Waals surface area contributed by atoms with E-state index in [4.69, 9.17) is 25.9 Å². The molecule has 33 heavy (non-hydrogen) atoms. The Bertz CT molecular complexity index is 1480. The number of rotatable bonds is 3. The average Bonchev–Trinajstić information content (AvgIpc) is 3.32. The number of H-pyrrole nitrogens is 1. The Morgan fingerprint density at radius 1 is 1.18 bits per heavy atom. The molecule has 0 fully saturated rings. The van der Waals surface area contributed by atoms with Gasteiger partial charge in [0.25, 0.3) is 0 Å². The smallest absolute Gasteiger partial charge is 0.475 e. The number of hydrogen-bond donors (Lipinski definition) is 2. The van der Waals surface area contributed by atoms with Gasteiger partial charge in [-0.3, -0.25) is 0 Å². The van der Waals surface area contributed by atoms with E-state index in [0.29, 0.717) is 10.8 Å². The minimum Gasteiger partial charge on any atom is -0.475 e. The molecule has 0 aliphatic rings. The molecular weight excluding hydrogens is 481 g/mol. The van der Waals surface area contributed by atoms with Gasteiger partial charge in [0.2, 0.25) is 0 Å². The SMILES string of the molecule is Cc1nc(SCc2nc3ccc(Cl)cc3[nH]2)c2oc3ccccc3c2n1.O=C(O)C(F)(F)F. The van der Waals surface area contributed by atoms with Crippen molar-refractivity contribution < 1.29 is 27.5 Å². The van der Waals surface area contributed by atoms with Crippen molar-refractivity contribution in [2.24, 2.45) is 0 Å². The summed E-state index contributed by atoms with van der Waals surface area (Å²) in [5.74, 6) is -0.516. The van der Waals surface area contributed by atoms with E-state index < -0.39 is 12.1 Å². The predicted octanol–water partition coefficient (Wildman–Crippen LogP) is 6.14. The van der Waals surface area contributed by atoms with Crippen molar-refractivity contribution in [3.8, 4) is 0 Å². The Balaban J connectivity index is 0.000000325. The highest BCUT2D eigenvalue weighted by molar-refractivity contribution is 7.98. The number of fused-ring (bicyclic) bond motifs is 4. The normalized spacial score (nSPS) is 11.7. The second-order valence-electron chi connectivity index (χ2n) is 6.79. The number of aromatic nitrogens is 4. The minimum atomic E-state index is -5.08. The molecule has 0 atom stereocenters. The molecule has 5 aromatic rings. The third-order valence-electron chi connectivity index (χ3n) is 4.38. The lowest BCUT2D eigenvalue weighted by atomic mass is 10.2. The monoisotopic (exact) mass is 494 g/mol. The number of aliphatic carboxylic acids is 1. The van der Waals surface area contributed by atoms with Crippen molar-refractivity contribution in [3.63, 3.8) is 0 Å². The second-order valence-corrected chi connectivity index (χ2v) is 8.19. The highest BCUT2D eigenvalue weighted by atomic mass is 35.5. The number of para-hydroxylation sites is 1. The van der Waals surface area contributed by atoms with Gasteiger partial charge in [-0.1, -0.05) is 35.5 Å². The van der Waals surface area contributed by atoms with Gasteiger partial charge < -0.3 is 14.5 Å². The van der Waals surface area contributed by atoms with E-state index >= 15 is 0 Å². The molecule has 170 valence electrons. The standard InChI is InChI=1S/C19H13ClN4OS.C2HF3O2/c1-10-21-17-12-4-2-3-5-15(12)25-18(17)19(22-10)26-9-16-23-13-7-6-11(20)8-14(13)24-16;3-2(4,5)1(6)7/h2-8H,9H2,1H3,(H,23,24);(H,6,7). The van der Waals surface area contributed by atoms with Crippen molar-refractivity contribution in [1.29, 1.82) is 0 Å². The van der Waals surface area contributed by atoms with Crippen molar-refractivity contribution in [2.45, 2.75) is 23.9 Å². The van der Waals surface area contributed by atoms with Gasteiger partial charge in [-0.15, -0.1) is 0 Å². The van der Waals surface area contributed by atoms with Gasteiger partial charge >= 0.3 is 12.1 Å². The van der Waals surface area contributed by atoms with Crippen LogP contribution in [0.3, 0.4) is 0 Å². The number of aromatic amines is 1. The third-order valence-corrected chi connectivity index (χ3v) is 5.58. The first-order valence-corrected chi connectivity index (χ1v) is 10.7. The number of thioether (sulfide) groups is 1. The Hall–Kier alpha value is -3.31. The molecule has 0 bridgehead atoms. The number of furan rings is 1. The molecule has 0 spiro atoms. The summed E-state index contributed by atoms with van der Waals surface area (Å²) < 4.78 is 37.7. The van der Waals surface area contributed by atoms with Gasteiger partial charge in [0.05, 0.1) is 16.8 Å². The van der Waals surface area contributed by atoms with Crippen LogP contribution in [0.2, 0.25) is 5.02 Å². The van der Waals surface area contributed by atoms with Crippen LogP contribution in [0, 0.1) is 6.92 Å². The molecular formula is C21H14ClF3N4O3S. The zero-order valence-electron chi connectivity index (χ0n) is 16.8. The molecule has 3 aromatic heterocycles. The Morgan fingerprint density at radius 2 is 1.91 bits per heavy atom. The van der Waals surface area contributed by atoms with Crippen LogP contribution in [0.5, 0.6) is 0 Å². The lowest BCUT2D eigenvalue weighted by Crippen LogP contribution is -2.21. The summed E-state index contributed by atoms with van der Waals surface area (Å²) in [5, 5.41) is 9.64. The summed E-state index contributed by atoms with van der Waals surface area (Å²) in [6, 6.07) is 13.5. The molecule has 7 nitrogen and oxygen atoms in total. The van der Waals surface area contributed by atoms with Gasteiger partial charge in [0.1, 0.15) is 27.8 Å². The molecule has 0 aliphatic heterocycles. The third kappa shape index (κ3) is 5.04. The number of carbonyl (C=O) groups is 1.